The van der Waals surface area contributed by atoms with E-state index < -0.39 is 8.30 Å². The van der Waals surface area contributed by atoms with E-state index in [0.717, 1.165) is 18.6 Å². The minimum atomic E-state index is -0.836. The van der Waals surface area contributed by atoms with E-state index in [1.54, 1.807) is 38.3 Å². The van der Waals surface area contributed by atoms with Gasteiger partial charge in [-0.1, -0.05) is 23.8 Å². The Bertz CT molecular complexity index is 587. The molecule has 0 fully saturated rings. The van der Waals surface area contributed by atoms with E-state index in [9.17, 15) is 4.79 Å². The molecule has 0 spiro atoms. The van der Waals surface area contributed by atoms with Crippen molar-refractivity contribution in [3.8, 4) is 5.75 Å². The zero-order valence-corrected chi connectivity index (χ0v) is 16.9. The molecule has 2 rings (SSSR count). The van der Waals surface area contributed by atoms with Crippen molar-refractivity contribution in [2.24, 2.45) is 0 Å². The zero-order valence-electron chi connectivity index (χ0n) is 15.3. The molecule has 1 aromatic rings. The highest BCUT2D eigenvalue weighted by atomic mass is 35.5. The molecule has 0 saturated carbocycles. The number of halogens is 1. The van der Waals surface area contributed by atoms with Gasteiger partial charge in [0.25, 0.3) is 0 Å². The fraction of sp³-hybridized carbons (Fsp3) is 0.421. The van der Waals surface area contributed by atoms with Gasteiger partial charge in [0.2, 0.25) is 0 Å². The molecule has 0 aliphatic heterocycles. The number of rotatable bonds is 7. The molecule has 0 radical (unpaired) electrons. The molecule has 0 amide bonds. The van der Waals surface area contributed by atoms with Gasteiger partial charge < -0.3 is 14.1 Å². The molecule has 0 heterocycles. The number of aldehydes is 1. The van der Waals surface area contributed by atoms with Gasteiger partial charge in [-0.25, -0.2) is 0 Å². The molecule has 1 aliphatic rings. The second-order valence-corrected chi connectivity index (χ2v) is 7.63. The molecule has 25 heavy (non-hydrogen) atoms. The third-order valence-corrected chi connectivity index (χ3v) is 5.01. The van der Waals surface area contributed by atoms with Crippen LogP contribution in [0, 0.1) is 0 Å². The van der Waals surface area contributed by atoms with Crippen LogP contribution in [0.2, 0.25) is 5.02 Å². The third-order valence-electron chi connectivity index (χ3n) is 3.50. The van der Waals surface area contributed by atoms with Crippen LogP contribution in [0.4, 0.5) is 0 Å². The summed E-state index contributed by atoms with van der Waals surface area (Å²) >= 11 is 5.74. The summed E-state index contributed by atoms with van der Waals surface area (Å²) in [5.74, 6) is 0.749. The van der Waals surface area contributed by atoms with Crippen LogP contribution in [0.3, 0.4) is 0 Å². The van der Waals surface area contributed by atoms with E-state index in [1.807, 2.05) is 6.66 Å². The average molecular weight is 384 g/mol. The van der Waals surface area contributed by atoms with Crippen LogP contribution >= 0.6 is 19.9 Å². The molecule has 1 N–H and O–H groups in total. The molecule has 0 bridgehead atoms. The number of carbonyl (C=O) groups is 1. The predicted octanol–water partition coefficient (Wildman–Crippen LogP) is 5.14. The summed E-state index contributed by atoms with van der Waals surface area (Å²) in [4.78, 5) is 10.4. The highest BCUT2D eigenvalue weighted by Gasteiger charge is 2.07. The van der Waals surface area contributed by atoms with Crippen molar-refractivity contribution in [2.45, 2.75) is 32.7 Å². The second kappa shape index (κ2) is 12.2. The van der Waals surface area contributed by atoms with Crippen molar-refractivity contribution < 1.29 is 14.1 Å². The molecule has 1 unspecified atom stereocenters. The smallest absolute Gasteiger partial charge is 0.158 e. The van der Waals surface area contributed by atoms with Gasteiger partial charge in [-0.05, 0) is 62.1 Å². The number of benzene rings is 1. The van der Waals surface area contributed by atoms with Crippen LogP contribution in [0.15, 0.2) is 47.6 Å². The Kier molecular flexibility index (Phi) is 10.7. The van der Waals surface area contributed by atoms with Crippen molar-refractivity contribution >= 4 is 26.2 Å². The largest absolute Gasteiger partial charge is 0.459 e. The normalized spacial score (nSPS) is 15.9. The van der Waals surface area contributed by atoms with Crippen molar-refractivity contribution in [1.29, 1.82) is 0 Å². The van der Waals surface area contributed by atoms with Crippen LogP contribution in [0.1, 0.15) is 26.7 Å². The topological polar surface area (TPSA) is 47.6 Å². The van der Waals surface area contributed by atoms with E-state index >= 15 is 0 Å². The molecule has 1 aromatic carbocycles. The Morgan fingerprint density at radius 2 is 2.04 bits per heavy atom. The fourth-order valence-electron chi connectivity index (χ4n) is 2.19. The summed E-state index contributed by atoms with van der Waals surface area (Å²) in [5.41, 5.74) is 2.83. The summed E-state index contributed by atoms with van der Waals surface area (Å²) in [7, 11) is 0.913. The summed E-state index contributed by atoms with van der Waals surface area (Å²) in [5, 5.41) is 3.71. The number of methoxy groups -OCH3 is 1. The van der Waals surface area contributed by atoms with E-state index in [-0.39, 0.29) is 6.04 Å². The van der Waals surface area contributed by atoms with Crippen LogP contribution in [-0.2, 0) is 9.53 Å². The van der Waals surface area contributed by atoms with Gasteiger partial charge in [0, 0.05) is 18.8 Å². The molecule has 4 nitrogen and oxygen atoms in total. The standard InChI is InChI=1S/C10H13ClNO2P.C9H14O/c1-8(7-13)12-15(2)14-10-5-3-9(11)4-6-10;1-8-5-3-4-6-9(8)7-10-2/h3-8,12H,1-2H3;3,5H,4,6-7H2,1-2H3/t8-,15?;/m0./s1. The van der Waals surface area contributed by atoms with Gasteiger partial charge in [0.15, 0.2) is 8.30 Å². The quantitative estimate of drug-likeness (QED) is 0.523. The predicted molar refractivity (Wildman–Crippen MR) is 107 cm³/mol. The van der Waals surface area contributed by atoms with Crippen molar-refractivity contribution in [3.05, 3.63) is 52.6 Å². The van der Waals surface area contributed by atoms with E-state index in [2.05, 4.69) is 24.2 Å². The Balaban J connectivity index is 0.000000271. The summed E-state index contributed by atoms with van der Waals surface area (Å²) < 4.78 is 10.6. The van der Waals surface area contributed by atoms with Crippen LogP contribution in [0.5, 0.6) is 5.75 Å². The lowest BCUT2D eigenvalue weighted by molar-refractivity contribution is -0.108. The number of hydrogen-bond donors (Lipinski definition) is 1. The molecule has 6 heteroatoms. The second-order valence-electron chi connectivity index (χ2n) is 5.76. The van der Waals surface area contributed by atoms with Crippen molar-refractivity contribution in [2.75, 3.05) is 20.4 Å². The maximum absolute atomic E-state index is 10.4. The van der Waals surface area contributed by atoms with Gasteiger partial charge in [-0.2, -0.15) is 0 Å². The highest BCUT2D eigenvalue weighted by molar-refractivity contribution is 7.49. The number of carbonyl (C=O) groups excluding carboxylic acids is 1. The minimum absolute atomic E-state index is 0.187. The maximum Gasteiger partial charge on any atom is 0.158 e. The summed E-state index contributed by atoms with van der Waals surface area (Å²) in [6.45, 7) is 6.64. The van der Waals surface area contributed by atoms with E-state index in [4.69, 9.17) is 20.9 Å². The Labute approximate surface area is 157 Å². The lowest BCUT2D eigenvalue weighted by Crippen LogP contribution is -2.23. The number of nitrogens with one attached hydrogen (secondary N) is 1. The minimum Gasteiger partial charge on any atom is -0.459 e. The molecule has 0 saturated heterocycles. The average Bonchev–Trinajstić information content (AvgIpc) is 2.59. The van der Waals surface area contributed by atoms with Gasteiger partial charge in [-0.3, -0.25) is 5.09 Å². The van der Waals surface area contributed by atoms with Gasteiger partial charge in [0.05, 0.1) is 12.6 Å². The van der Waals surface area contributed by atoms with Crippen molar-refractivity contribution in [1.82, 2.24) is 5.09 Å². The first-order valence-electron chi connectivity index (χ1n) is 8.19. The lowest BCUT2D eigenvalue weighted by Gasteiger charge is -2.16. The Morgan fingerprint density at radius 1 is 1.36 bits per heavy atom. The zero-order chi connectivity index (χ0) is 18.7. The molecule has 138 valence electrons. The fourth-order valence-corrected chi connectivity index (χ4v) is 3.44. The van der Waals surface area contributed by atoms with Crippen LogP contribution in [-0.4, -0.2) is 32.7 Å². The highest BCUT2D eigenvalue weighted by Crippen LogP contribution is 2.30. The number of ether oxygens (including phenoxy) is 1. The monoisotopic (exact) mass is 383 g/mol. The van der Waals surface area contributed by atoms with Gasteiger partial charge in [-0.15, -0.1) is 0 Å². The molecule has 1 aliphatic carbocycles. The first-order chi connectivity index (χ1) is 12.0. The molecular weight excluding hydrogens is 357 g/mol. The summed E-state index contributed by atoms with van der Waals surface area (Å²) in [6.07, 6.45) is 7.60. The lowest BCUT2D eigenvalue weighted by atomic mass is 10.00. The van der Waals surface area contributed by atoms with E-state index in [0.29, 0.717) is 5.02 Å². The van der Waals surface area contributed by atoms with Crippen LogP contribution < -0.4 is 9.61 Å². The molecule has 2 atom stereocenters. The van der Waals surface area contributed by atoms with Crippen molar-refractivity contribution in [3.63, 3.8) is 0 Å². The molecular formula is C19H27ClNO3P. The van der Waals surface area contributed by atoms with E-state index in [1.165, 1.54) is 24.0 Å². The number of hydrogen-bond acceptors (Lipinski definition) is 4. The maximum atomic E-state index is 10.4. The molecule has 0 aromatic heterocycles. The van der Waals surface area contributed by atoms with Gasteiger partial charge >= 0.3 is 0 Å². The SMILES string of the molecule is COCC1=C(C)C=CCC1.C[C@@H](C=O)NP(C)Oc1ccc(Cl)cc1. The Hall–Kier alpha value is -1.19. The van der Waals surface area contributed by atoms with Gasteiger partial charge in [0.1, 0.15) is 12.0 Å². The Morgan fingerprint density at radius 3 is 2.60 bits per heavy atom. The first kappa shape index (κ1) is 21.9. The summed E-state index contributed by atoms with van der Waals surface area (Å²) in [6, 6.07) is 6.95. The number of allylic oxidation sites excluding steroid dienone is 3. The third kappa shape index (κ3) is 9.18. The van der Waals surface area contributed by atoms with Crippen LogP contribution in [0.25, 0.3) is 0 Å². The first-order valence-corrected chi connectivity index (χ1v) is 10.3.